The monoisotopic (exact) mass is 303 g/mol. The fourth-order valence-corrected chi connectivity index (χ4v) is 3.28. The van der Waals surface area contributed by atoms with Crippen LogP contribution in [0.1, 0.15) is 19.8 Å². The van der Waals surface area contributed by atoms with E-state index in [1.165, 1.54) is 11.8 Å². The van der Waals surface area contributed by atoms with Gasteiger partial charge in [-0.2, -0.15) is 4.68 Å². The van der Waals surface area contributed by atoms with Gasteiger partial charge in [-0.1, -0.05) is 30.0 Å². The van der Waals surface area contributed by atoms with Crippen molar-refractivity contribution in [2.24, 2.45) is 0 Å². The normalized spacial score (nSPS) is 16.1. The van der Waals surface area contributed by atoms with Crippen LogP contribution in [0.15, 0.2) is 35.5 Å². The Labute approximate surface area is 127 Å². The Morgan fingerprint density at radius 1 is 1.24 bits per heavy atom. The summed E-state index contributed by atoms with van der Waals surface area (Å²) in [4.78, 5) is 14.3. The van der Waals surface area contributed by atoms with E-state index >= 15 is 0 Å². The van der Waals surface area contributed by atoms with E-state index in [9.17, 15) is 4.79 Å². The van der Waals surface area contributed by atoms with Gasteiger partial charge in [-0.15, -0.1) is 5.10 Å². The second-order valence-electron chi connectivity index (χ2n) is 5.00. The fraction of sp³-hybridized carbons (Fsp3) is 0.429. The van der Waals surface area contributed by atoms with E-state index in [0.29, 0.717) is 5.16 Å². The lowest BCUT2D eigenvalue weighted by Gasteiger charge is -2.19. The molecule has 0 saturated carbocycles. The van der Waals surface area contributed by atoms with Gasteiger partial charge in [0.15, 0.2) is 0 Å². The number of tetrazole rings is 1. The number of hydrogen-bond donors (Lipinski definition) is 0. The molecule has 110 valence electrons. The van der Waals surface area contributed by atoms with E-state index in [-0.39, 0.29) is 11.2 Å². The molecule has 1 aliphatic heterocycles. The Kier molecular flexibility index (Phi) is 4.19. The minimum atomic E-state index is -0.184. The van der Waals surface area contributed by atoms with Crippen LogP contribution in [0.3, 0.4) is 0 Å². The predicted octanol–water partition coefficient (Wildman–Crippen LogP) is 1.77. The van der Waals surface area contributed by atoms with Crippen molar-refractivity contribution in [3.63, 3.8) is 0 Å². The van der Waals surface area contributed by atoms with Crippen molar-refractivity contribution >= 4 is 17.7 Å². The average molecular weight is 303 g/mol. The molecule has 1 amide bonds. The molecule has 21 heavy (non-hydrogen) atoms. The molecule has 0 unspecified atom stereocenters. The van der Waals surface area contributed by atoms with Crippen LogP contribution in [0, 0.1) is 0 Å². The van der Waals surface area contributed by atoms with Crippen molar-refractivity contribution < 1.29 is 4.79 Å². The zero-order valence-corrected chi connectivity index (χ0v) is 12.7. The lowest BCUT2D eigenvalue weighted by atomic mass is 10.3. The maximum absolute atomic E-state index is 12.3. The number of amides is 1. The first-order valence-corrected chi connectivity index (χ1v) is 7.93. The van der Waals surface area contributed by atoms with E-state index in [2.05, 4.69) is 15.5 Å². The van der Waals surface area contributed by atoms with Gasteiger partial charge in [0.2, 0.25) is 11.1 Å². The highest BCUT2D eigenvalue weighted by atomic mass is 32.2. The molecule has 1 aliphatic rings. The van der Waals surface area contributed by atoms with E-state index in [0.717, 1.165) is 31.6 Å². The second kappa shape index (κ2) is 6.26. The van der Waals surface area contributed by atoms with E-state index in [4.69, 9.17) is 0 Å². The number of para-hydroxylation sites is 1. The minimum absolute atomic E-state index is 0.167. The van der Waals surface area contributed by atoms with Crippen molar-refractivity contribution in [1.82, 2.24) is 25.1 Å². The zero-order chi connectivity index (χ0) is 14.7. The Morgan fingerprint density at radius 3 is 2.67 bits per heavy atom. The topological polar surface area (TPSA) is 63.9 Å². The molecule has 2 aromatic rings. The minimum Gasteiger partial charge on any atom is -0.342 e. The molecule has 6 nitrogen and oxygen atoms in total. The van der Waals surface area contributed by atoms with E-state index < -0.39 is 0 Å². The van der Waals surface area contributed by atoms with Gasteiger partial charge in [-0.25, -0.2) is 0 Å². The smallest absolute Gasteiger partial charge is 0.235 e. The van der Waals surface area contributed by atoms with Crippen molar-refractivity contribution in [3.8, 4) is 5.69 Å². The first kappa shape index (κ1) is 14.1. The quantitative estimate of drug-likeness (QED) is 0.805. The molecule has 1 atom stereocenters. The molecule has 0 bridgehead atoms. The number of aromatic nitrogens is 4. The van der Waals surface area contributed by atoms with Gasteiger partial charge in [0, 0.05) is 13.1 Å². The molecule has 1 saturated heterocycles. The van der Waals surface area contributed by atoms with Crippen LogP contribution in [0.25, 0.3) is 5.69 Å². The van der Waals surface area contributed by atoms with Gasteiger partial charge in [0.05, 0.1) is 10.9 Å². The fourth-order valence-electron chi connectivity index (χ4n) is 2.39. The van der Waals surface area contributed by atoms with E-state index in [1.54, 1.807) is 4.68 Å². The molecule has 0 spiro atoms. The van der Waals surface area contributed by atoms with Gasteiger partial charge < -0.3 is 4.90 Å². The van der Waals surface area contributed by atoms with Gasteiger partial charge in [0.25, 0.3) is 0 Å². The molecular weight excluding hydrogens is 286 g/mol. The number of carbonyl (C=O) groups is 1. The maximum Gasteiger partial charge on any atom is 0.235 e. The number of thioether (sulfide) groups is 1. The first-order chi connectivity index (χ1) is 10.3. The summed E-state index contributed by atoms with van der Waals surface area (Å²) in [6, 6.07) is 9.69. The molecule has 0 N–H and O–H groups in total. The average Bonchev–Trinajstić information content (AvgIpc) is 3.19. The molecule has 0 radical (unpaired) electrons. The summed E-state index contributed by atoms with van der Waals surface area (Å²) >= 11 is 1.40. The molecule has 2 heterocycles. The summed E-state index contributed by atoms with van der Waals surface area (Å²) in [6.07, 6.45) is 2.20. The van der Waals surface area contributed by atoms with E-state index in [1.807, 2.05) is 42.2 Å². The Balaban J connectivity index is 1.73. The Hall–Kier alpha value is -1.89. The molecule has 1 aromatic heterocycles. The second-order valence-corrected chi connectivity index (χ2v) is 6.31. The number of carbonyl (C=O) groups excluding carboxylic acids is 1. The van der Waals surface area contributed by atoms with Crippen LogP contribution < -0.4 is 0 Å². The van der Waals surface area contributed by atoms with Crippen LogP contribution in [0.2, 0.25) is 0 Å². The third-order valence-corrected chi connectivity index (χ3v) is 4.51. The molecule has 3 rings (SSSR count). The van der Waals surface area contributed by atoms with Crippen molar-refractivity contribution in [2.45, 2.75) is 30.2 Å². The van der Waals surface area contributed by atoms with Crippen molar-refractivity contribution in [2.75, 3.05) is 13.1 Å². The molecule has 1 aromatic carbocycles. The summed E-state index contributed by atoms with van der Waals surface area (Å²) < 4.78 is 1.67. The number of hydrogen-bond acceptors (Lipinski definition) is 5. The highest BCUT2D eigenvalue weighted by molar-refractivity contribution is 8.00. The highest BCUT2D eigenvalue weighted by Gasteiger charge is 2.25. The summed E-state index contributed by atoms with van der Waals surface area (Å²) in [5.74, 6) is 0.167. The summed E-state index contributed by atoms with van der Waals surface area (Å²) in [7, 11) is 0. The number of rotatable bonds is 4. The molecular formula is C14H17N5OS. The van der Waals surface area contributed by atoms with Crippen LogP contribution in [-0.2, 0) is 4.79 Å². The van der Waals surface area contributed by atoms with Crippen molar-refractivity contribution in [1.29, 1.82) is 0 Å². The predicted molar refractivity (Wildman–Crippen MR) is 80.3 cm³/mol. The molecule has 0 aliphatic carbocycles. The van der Waals surface area contributed by atoms with Crippen LogP contribution >= 0.6 is 11.8 Å². The number of benzene rings is 1. The van der Waals surface area contributed by atoms with Crippen LogP contribution in [0.4, 0.5) is 0 Å². The van der Waals surface area contributed by atoms with Gasteiger partial charge in [0.1, 0.15) is 0 Å². The summed E-state index contributed by atoms with van der Waals surface area (Å²) in [5, 5.41) is 12.2. The third-order valence-electron chi connectivity index (χ3n) is 3.49. The van der Waals surface area contributed by atoms with Gasteiger partial charge >= 0.3 is 0 Å². The number of likely N-dealkylation sites (tertiary alicyclic amines) is 1. The Bertz CT molecular complexity index is 609. The van der Waals surface area contributed by atoms with Gasteiger partial charge in [-0.05, 0) is 42.3 Å². The standard InChI is InChI=1S/C14H17N5OS/c1-11(13(20)18-9-5-6-10-18)21-14-15-16-17-19(14)12-7-3-2-4-8-12/h2-4,7-8,11H,5-6,9-10H2,1H3/t11-/m1/s1. The third kappa shape index (κ3) is 3.07. The van der Waals surface area contributed by atoms with Crippen LogP contribution in [0.5, 0.6) is 0 Å². The first-order valence-electron chi connectivity index (χ1n) is 7.05. The Morgan fingerprint density at radius 2 is 1.95 bits per heavy atom. The SMILES string of the molecule is C[C@@H](Sc1nnnn1-c1ccccc1)C(=O)N1CCCC1. The lowest BCUT2D eigenvalue weighted by Crippen LogP contribution is -2.34. The summed E-state index contributed by atoms with van der Waals surface area (Å²) in [5.41, 5.74) is 0.894. The summed E-state index contributed by atoms with van der Waals surface area (Å²) in [6.45, 7) is 3.65. The lowest BCUT2D eigenvalue weighted by molar-refractivity contribution is -0.129. The number of nitrogens with zero attached hydrogens (tertiary/aromatic N) is 5. The van der Waals surface area contributed by atoms with Crippen molar-refractivity contribution in [3.05, 3.63) is 30.3 Å². The maximum atomic E-state index is 12.3. The van der Waals surface area contributed by atoms with Gasteiger partial charge in [-0.3, -0.25) is 4.79 Å². The van der Waals surface area contributed by atoms with Crippen LogP contribution in [-0.4, -0.2) is 49.4 Å². The molecule has 1 fully saturated rings. The molecule has 7 heteroatoms. The zero-order valence-electron chi connectivity index (χ0n) is 11.8. The highest BCUT2D eigenvalue weighted by Crippen LogP contribution is 2.25. The largest absolute Gasteiger partial charge is 0.342 e.